The molecular formula is C26H36ClN3O. The van der Waals surface area contributed by atoms with Gasteiger partial charge in [-0.2, -0.15) is 0 Å². The van der Waals surface area contributed by atoms with E-state index < -0.39 is 0 Å². The standard InChI is InChI=1S/C26H36ClN3O/c27-20-10-6-8-18(17-20)16-19-9-4-5-15-23(24(28)26(31)30-22-13-7-14-22)25(19)29-21-11-2-1-3-12-21/h6,8,10,17,19,21-22,28-29H,1-5,7,9,11-16H2,(H,30,31). The Balaban J connectivity index is 1.61. The Bertz CT molecular complexity index is 824. The first-order chi connectivity index (χ1) is 15.1. The normalized spacial score (nSPS) is 23.1. The van der Waals surface area contributed by atoms with Crippen LogP contribution in [0, 0.1) is 11.3 Å². The third-order valence-electron chi connectivity index (χ3n) is 7.27. The largest absolute Gasteiger partial charge is 0.385 e. The fraction of sp³-hybridized carbons (Fsp3) is 0.615. The van der Waals surface area contributed by atoms with Crippen molar-refractivity contribution in [3.05, 3.63) is 46.1 Å². The number of carbonyl (C=O) groups is 1. The Labute approximate surface area is 191 Å². The van der Waals surface area contributed by atoms with Gasteiger partial charge in [0.15, 0.2) is 0 Å². The van der Waals surface area contributed by atoms with Crippen LogP contribution in [-0.2, 0) is 11.2 Å². The van der Waals surface area contributed by atoms with Gasteiger partial charge in [0.05, 0.1) is 0 Å². The van der Waals surface area contributed by atoms with Gasteiger partial charge in [0, 0.05) is 34.3 Å². The summed E-state index contributed by atoms with van der Waals surface area (Å²) in [5.41, 5.74) is 3.53. The summed E-state index contributed by atoms with van der Waals surface area (Å²) in [7, 11) is 0. The third-order valence-corrected chi connectivity index (χ3v) is 7.50. The summed E-state index contributed by atoms with van der Waals surface area (Å²) in [6, 6.07) is 8.85. The SMILES string of the molecule is N=C(C(=O)NC1CCC1)C1=C(NC2CCCCC2)C(Cc2cccc(Cl)c2)CCCC1. The van der Waals surface area contributed by atoms with Gasteiger partial charge in [-0.15, -0.1) is 0 Å². The Morgan fingerprint density at radius 1 is 0.968 bits per heavy atom. The third kappa shape index (κ3) is 5.91. The Morgan fingerprint density at radius 2 is 1.71 bits per heavy atom. The predicted octanol–water partition coefficient (Wildman–Crippen LogP) is 5.94. The van der Waals surface area contributed by atoms with Crippen LogP contribution in [0.25, 0.3) is 0 Å². The van der Waals surface area contributed by atoms with Crippen LogP contribution in [0.4, 0.5) is 0 Å². The van der Waals surface area contributed by atoms with Gasteiger partial charge in [-0.1, -0.05) is 49.4 Å². The predicted molar refractivity (Wildman–Crippen MR) is 128 cm³/mol. The average molecular weight is 442 g/mol. The van der Waals surface area contributed by atoms with Crippen LogP contribution in [0.15, 0.2) is 35.5 Å². The molecule has 0 saturated heterocycles. The van der Waals surface area contributed by atoms with E-state index in [4.69, 9.17) is 17.0 Å². The van der Waals surface area contributed by atoms with E-state index in [1.807, 2.05) is 12.1 Å². The smallest absolute Gasteiger partial charge is 0.269 e. The Kier molecular flexibility index (Phi) is 7.71. The van der Waals surface area contributed by atoms with E-state index in [1.54, 1.807) is 0 Å². The fourth-order valence-electron chi connectivity index (χ4n) is 5.25. The molecule has 4 nitrogen and oxygen atoms in total. The van der Waals surface area contributed by atoms with E-state index >= 15 is 0 Å². The summed E-state index contributed by atoms with van der Waals surface area (Å²) >= 11 is 6.26. The van der Waals surface area contributed by atoms with Gasteiger partial charge < -0.3 is 10.6 Å². The lowest BCUT2D eigenvalue weighted by Crippen LogP contribution is -2.44. The van der Waals surface area contributed by atoms with Gasteiger partial charge in [0.25, 0.3) is 5.91 Å². The molecule has 0 bridgehead atoms. The van der Waals surface area contributed by atoms with Gasteiger partial charge in [-0.25, -0.2) is 0 Å². The quantitative estimate of drug-likeness (QED) is 0.458. The molecular weight excluding hydrogens is 406 g/mol. The highest BCUT2D eigenvalue weighted by molar-refractivity contribution is 6.44. The molecule has 3 aliphatic carbocycles. The van der Waals surface area contributed by atoms with Crippen LogP contribution in [0.1, 0.15) is 82.6 Å². The molecule has 1 atom stereocenters. The monoisotopic (exact) mass is 441 g/mol. The molecule has 5 heteroatoms. The van der Waals surface area contributed by atoms with Crippen molar-refractivity contribution < 1.29 is 4.79 Å². The molecule has 1 amide bonds. The molecule has 1 unspecified atom stereocenters. The molecule has 31 heavy (non-hydrogen) atoms. The number of hydrogen-bond acceptors (Lipinski definition) is 3. The second kappa shape index (κ2) is 10.7. The summed E-state index contributed by atoms with van der Waals surface area (Å²) in [4.78, 5) is 12.9. The number of allylic oxidation sites excluding steroid dienone is 1. The van der Waals surface area contributed by atoms with Crippen LogP contribution in [0.5, 0.6) is 0 Å². The number of rotatable bonds is 7. The van der Waals surface area contributed by atoms with Crippen LogP contribution < -0.4 is 10.6 Å². The molecule has 0 heterocycles. The molecule has 1 aromatic carbocycles. The first kappa shape index (κ1) is 22.4. The highest BCUT2D eigenvalue weighted by Gasteiger charge is 2.30. The second-order valence-electron chi connectivity index (χ2n) is 9.62. The van der Waals surface area contributed by atoms with Crippen LogP contribution in [-0.4, -0.2) is 23.7 Å². The maximum absolute atomic E-state index is 12.9. The molecule has 2 saturated carbocycles. The molecule has 0 aromatic heterocycles. The van der Waals surface area contributed by atoms with E-state index in [9.17, 15) is 4.79 Å². The van der Waals surface area contributed by atoms with Gasteiger partial charge in [0.1, 0.15) is 5.71 Å². The van der Waals surface area contributed by atoms with Crippen molar-refractivity contribution in [3.63, 3.8) is 0 Å². The first-order valence-corrected chi connectivity index (χ1v) is 12.6. The van der Waals surface area contributed by atoms with Crippen molar-refractivity contribution in [2.45, 2.75) is 95.6 Å². The maximum atomic E-state index is 12.9. The van der Waals surface area contributed by atoms with Gasteiger partial charge in [-0.05, 0) is 75.5 Å². The zero-order valence-electron chi connectivity index (χ0n) is 18.5. The van der Waals surface area contributed by atoms with Gasteiger partial charge in [0.2, 0.25) is 0 Å². The summed E-state index contributed by atoms with van der Waals surface area (Å²) in [6.45, 7) is 0. The number of benzene rings is 1. The summed E-state index contributed by atoms with van der Waals surface area (Å²) in [5.74, 6) is 0.112. The lowest BCUT2D eigenvalue weighted by atomic mass is 9.87. The van der Waals surface area contributed by atoms with E-state index in [1.165, 1.54) is 44.1 Å². The Hall–Kier alpha value is -1.81. The highest BCUT2D eigenvalue weighted by Crippen LogP contribution is 2.33. The number of nitrogens with one attached hydrogen (secondary N) is 3. The highest BCUT2D eigenvalue weighted by atomic mass is 35.5. The Morgan fingerprint density at radius 3 is 2.42 bits per heavy atom. The van der Waals surface area contributed by atoms with Crippen molar-refractivity contribution in [3.8, 4) is 0 Å². The van der Waals surface area contributed by atoms with E-state index in [0.717, 1.165) is 61.2 Å². The van der Waals surface area contributed by atoms with Gasteiger partial charge >= 0.3 is 0 Å². The molecule has 1 aromatic rings. The molecule has 3 N–H and O–H groups in total. The zero-order chi connectivity index (χ0) is 21.6. The number of hydrogen-bond donors (Lipinski definition) is 3. The summed E-state index contributed by atoms with van der Waals surface area (Å²) in [6.07, 6.45) is 14.4. The number of halogens is 1. The second-order valence-corrected chi connectivity index (χ2v) is 10.1. The van der Waals surface area contributed by atoms with E-state index in [0.29, 0.717) is 12.0 Å². The minimum Gasteiger partial charge on any atom is -0.385 e. The minimum atomic E-state index is -0.189. The zero-order valence-corrected chi connectivity index (χ0v) is 19.3. The number of amides is 1. The minimum absolute atomic E-state index is 0.184. The summed E-state index contributed by atoms with van der Waals surface area (Å²) < 4.78 is 0. The molecule has 0 radical (unpaired) electrons. The molecule has 2 fully saturated rings. The van der Waals surface area contributed by atoms with Crippen molar-refractivity contribution in [2.24, 2.45) is 5.92 Å². The van der Waals surface area contributed by atoms with Crippen LogP contribution >= 0.6 is 11.6 Å². The van der Waals surface area contributed by atoms with Crippen molar-refractivity contribution in [1.82, 2.24) is 10.6 Å². The van der Waals surface area contributed by atoms with Gasteiger partial charge in [-0.3, -0.25) is 10.2 Å². The van der Waals surface area contributed by atoms with Crippen LogP contribution in [0.3, 0.4) is 0 Å². The van der Waals surface area contributed by atoms with Crippen molar-refractivity contribution >= 4 is 23.2 Å². The fourth-order valence-corrected chi connectivity index (χ4v) is 5.46. The maximum Gasteiger partial charge on any atom is 0.269 e. The first-order valence-electron chi connectivity index (χ1n) is 12.2. The lowest BCUT2D eigenvalue weighted by Gasteiger charge is -2.31. The van der Waals surface area contributed by atoms with Crippen molar-refractivity contribution in [2.75, 3.05) is 0 Å². The molecule has 4 rings (SSSR count). The number of carbonyl (C=O) groups excluding carboxylic acids is 1. The molecule has 3 aliphatic rings. The summed E-state index contributed by atoms with van der Waals surface area (Å²) in [5, 5.41) is 16.5. The molecule has 0 aliphatic heterocycles. The lowest BCUT2D eigenvalue weighted by molar-refractivity contribution is -0.116. The average Bonchev–Trinajstić information content (AvgIpc) is 2.93. The topological polar surface area (TPSA) is 65.0 Å². The van der Waals surface area contributed by atoms with Crippen LogP contribution in [0.2, 0.25) is 5.02 Å². The van der Waals surface area contributed by atoms with E-state index in [2.05, 4.69) is 22.8 Å². The van der Waals surface area contributed by atoms with Crippen molar-refractivity contribution in [1.29, 1.82) is 5.41 Å². The molecule has 168 valence electrons. The molecule has 0 spiro atoms. The van der Waals surface area contributed by atoms with E-state index in [-0.39, 0.29) is 17.7 Å².